The zero-order chi connectivity index (χ0) is 11.7. The lowest BCUT2D eigenvalue weighted by molar-refractivity contribution is 1.02. The van der Waals surface area contributed by atoms with Crippen LogP contribution in [0.15, 0.2) is 41.8 Å². The Kier molecular flexibility index (Phi) is 2.71. The molecule has 2 aromatic heterocycles. The highest BCUT2D eigenvalue weighted by Crippen LogP contribution is 2.25. The smallest absolute Gasteiger partial charge is 0.0459 e. The van der Waals surface area contributed by atoms with Crippen molar-refractivity contribution in [3.05, 3.63) is 57.9 Å². The van der Waals surface area contributed by atoms with Gasteiger partial charge in [0, 0.05) is 34.4 Å². The van der Waals surface area contributed by atoms with E-state index in [0.29, 0.717) is 6.54 Å². The van der Waals surface area contributed by atoms with E-state index in [0.717, 1.165) is 6.42 Å². The Labute approximate surface area is 104 Å². The van der Waals surface area contributed by atoms with Crippen LogP contribution in [0.2, 0.25) is 0 Å². The van der Waals surface area contributed by atoms with Gasteiger partial charge in [-0.05, 0) is 23.1 Å². The zero-order valence-corrected chi connectivity index (χ0v) is 10.3. The predicted octanol–water partition coefficient (Wildman–Crippen LogP) is 3.28. The maximum atomic E-state index is 5.87. The fourth-order valence-electron chi connectivity index (χ4n) is 2.23. The molecule has 0 saturated heterocycles. The molecular formula is C14H14N2S. The molecule has 0 aliphatic heterocycles. The normalized spacial score (nSPS) is 11.1. The maximum absolute atomic E-state index is 5.87. The molecule has 0 aliphatic rings. The van der Waals surface area contributed by atoms with Crippen molar-refractivity contribution in [1.29, 1.82) is 0 Å². The second kappa shape index (κ2) is 4.35. The summed E-state index contributed by atoms with van der Waals surface area (Å²) in [6, 6.07) is 12.6. The third-order valence-electron chi connectivity index (χ3n) is 3.04. The first-order valence-electron chi connectivity index (χ1n) is 5.69. The minimum atomic E-state index is 0.588. The molecule has 0 bridgehead atoms. The van der Waals surface area contributed by atoms with Crippen molar-refractivity contribution in [2.45, 2.75) is 13.0 Å². The van der Waals surface area contributed by atoms with Crippen LogP contribution in [0.4, 0.5) is 0 Å². The molecule has 86 valence electrons. The Bertz CT molecular complexity index is 623. The van der Waals surface area contributed by atoms with Crippen LogP contribution in [0.1, 0.15) is 16.1 Å². The maximum Gasteiger partial charge on any atom is 0.0459 e. The Morgan fingerprint density at radius 3 is 2.76 bits per heavy atom. The summed E-state index contributed by atoms with van der Waals surface area (Å²) >= 11 is 1.79. The van der Waals surface area contributed by atoms with Crippen molar-refractivity contribution in [2.24, 2.45) is 5.73 Å². The highest BCUT2D eigenvalue weighted by molar-refractivity contribution is 7.09. The highest BCUT2D eigenvalue weighted by atomic mass is 32.1. The number of rotatable bonds is 3. The molecule has 0 spiro atoms. The van der Waals surface area contributed by atoms with Crippen molar-refractivity contribution < 1.29 is 0 Å². The van der Waals surface area contributed by atoms with Gasteiger partial charge in [0.1, 0.15) is 0 Å². The Morgan fingerprint density at radius 1 is 1.12 bits per heavy atom. The number of hydrogen-bond acceptors (Lipinski definition) is 2. The first-order valence-corrected chi connectivity index (χ1v) is 6.57. The van der Waals surface area contributed by atoms with E-state index >= 15 is 0 Å². The molecule has 0 fully saturated rings. The van der Waals surface area contributed by atoms with Crippen molar-refractivity contribution >= 4 is 22.2 Å². The molecule has 0 aliphatic carbocycles. The number of H-pyrrole nitrogens is 1. The van der Waals surface area contributed by atoms with Gasteiger partial charge >= 0.3 is 0 Å². The van der Waals surface area contributed by atoms with Gasteiger partial charge in [-0.3, -0.25) is 0 Å². The lowest BCUT2D eigenvalue weighted by atomic mass is 10.1. The number of hydrogen-bond donors (Lipinski definition) is 2. The fourth-order valence-corrected chi connectivity index (χ4v) is 2.94. The molecule has 0 atom stereocenters. The molecule has 1 aromatic carbocycles. The number of nitrogens with one attached hydrogen (secondary N) is 1. The highest BCUT2D eigenvalue weighted by Gasteiger charge is 2.10. The molecule has 2 heterocycles. The van der Waals surface area contributed by atoms with Crippen LogP contribution < -0.4 is 5.73 Å². The standard InChI is InChI=1S/C14H14N2S/c15-9-12-11-5-1-2-6-13(11)16-14(12)8-10-4-3-7-17-10/h1-7,16H,8-9,15H2. The van der Waals surface area contributed by atoms with Gasteiger partial charge in [0.25, 0.3) is 0 Å². The van der Waals surface area contributed by atoms with Crippen molar-refractivity contribution in [2.75, 3.05) is 0 Å². The van der Waals surface area contributed by atoms with E-state index in [1.54, 1.807) is 11.3 Å². The summed E-state index contributed by atoms with van der Waals surface area (Å²) in [6.07, 6.45) is 0.943. The minimum absolute atomic E-state index is 0.588. The average molecular weight is 242 g/mol. The summed E-state index contributed by atoms with van der Waals surface area (Å²) in [4.78, 5) is 4.85. The van der Waals surface area contributed by atoms with Gasteiger partial charge in [-0.1, -0.05) is 24.3 Å². The van der Waals surface area contributed by atoms with E-state index in [4.69, 9.17) is 5.73 Å². The number of benzene rings is 1. The van der Waals surface area contributed by atoms with Gasteiger partial charge in [-0.15, -0.1) is 11.3 Å². The molecule has 3 aromatic rings. The number of aromatic nitrogens is 1. The first-order chi connectivity index (χ1) is 8.38. The number of nitrogens with two attached hydrogens (primary N) is 1. The SMILES string of the molecule is NCc1c(Cc2cccs2)[nH]c2ccccc12. The molecule has 3 rings (SSSR count). The van der Waals surface area contributed by atoms with Gasteiger partial charge in [-0.2, -0.15) is 0 Å². The Hall–Kier alpha value is -1.58. The Morgan fingerprint density at radius 2 is 2.00 bits per heavy atom. The predicted molar refractivity (Wildman–Crippen MR) is 73.3 cm³/mol. The quantitative estimate of drug-likeness (QED) is 0.727. The van der Waals surface area contributed by atoms with Crippen LogP contribution in [-0.2, 0) is 13.0 Å². The zero-order valence-electron chi connectivity index (χ0n) is 9.44. The molecule has 3 N–H and O–H groups in total. The summed E-state index contributed by atoms with van der Waals surface area (Å²) < 4.78 is 0. The van der Waals surface area contributed by atoms with Crippen LogP contribution in [0.5, 0.6) is 0 Å². The van der Waals surface area contributed by atoms with Gasteiger partial charge in [0.2, 0.25) is 0 Å². The summed E-state index contributed by atoms with van der Waals surface area (Å²) in [5, 5.41) is 3.36. The molecule has 2 nitrogen and oxygen atoms in total. The summed E-state index contributed by atoms with van der Waals surface area (Å²) in [5.74, 6) is 0. The van der Waals surface area contributed by atoms with E-state index in [2.05, 4.69) is 40.7 Å². The summed E-state index contributed by atoms with van der Waals surface area (Å²) in [5.41, 5.74) is 9.54. The van der Waals surface area contributed by atoms with Crippen LogP contribution in [0.3, 0.4) is 0 Å². The average Bonchev–Trinajstić information content (AvgIpc) is 2.96. The molecule has 3 heteroatoms. The number of aromatic amines is 1. The topological polar surface area (TPSA) is 41.8 Å². The minimum Gasteiger partial charge on any atom is -0.358 e. The van der Waals surface area contributed by atoms with Gasteiger partial charge in [0.05, 0.1) is 0 Å². The Balaban J connectivity index is 2.09. The number of thiophene rings is 1. The van der Waals surface area contributed by atoms with Crippen LogP contribution in [0.25, 0.3) is 10.9 Å². The molecule has 0 amide bonds. The van der Waals surface area contributed by atoms with Crippen LogP contribution in [-0.4, -0.2) is 4.98 Å². The summed E-state index contributed by atoms with van der Waals surface area (Å²) in [7, 11) is 0. The molecular weight excluding hydrogens is 228 g/mol. The van der Waals surface area contributed by atoms with Gasteiger partial charge in [0.15, 0.2) is 0 Å². The molecule has 0 saturated carbocycles. The van der Waals surface area contributed by atoms with Crippen molar-refractivity contribution in [3.63, 3.8) is 0 Å². The van der Waals surface area contributed by atoms with Crippen molar-refractivity contribution in [1.82, 2.24) is 4.98 Å². The van der Waals surface area contributed by atoms with E-state index in [-0.39, 0.29) is 0 Å². The van der Waals surface area contributed by atoms with Gasteiger partial charge in [-0.25, -0.2) is 0 Å². The third kappa shape index (κ3) is 1.88. The first kappa shape index (κ1) is 10.6. The lowest BCUT2D eigenvalue weighted by Crippen LogP contribution is -2.00. The van der Waals surface area contributed by atoms with E-state index in [1.807, 2.05) is 6.07 Å². The van der Waals surface area contributed by atoms with Crippen LogP contribution in [0, 0.1) is 0 Å². The second-order valence-electron chi connectivity index (χ2n) is 4.09. The van der Waals surface area contributed by atoms with Crippen molar-refractivity contribution in [3.8, 4) is 0 Å². The van der Waals surface area contributed by atoms with Gasteiger partial charge < -0.3 is 10.7 Å². The number of fused-ring (bicyclic) bond motifs is 1. The largest absolute Gasteiger partial charge is 0.358 e. The lowest BCUT2D eigenvalue weighted by Gasteiger charge is -2.00. The van der Waals surface area contributed by atoms with E-state index in [1.165, 1.54) is 27.0 Å². The molecule has 0 radical (unpaired) electrons. The monoisotopic (exact) mass is 242 g/mol. The van der Waals surface area contributed by atoms with E-state index in [9.17, 15) is 0 Å². The van der Waals surface area contributed by atoms with E-state index < -0.39 is 0 Å². The second-order valence-corrected chi connectivity index (χ2v) is 5.12. The third-order valence-corrected chi connectivity index (χ3v) is 3.91. The summed E-state index contributed by atoms with van der Waals surface area (Å²) in [6.45, 7) is 0.588. The number of para-hydroxylation sites is 1. The fraction of sp³-hybridized carbons (Fsp3) is 0.143. The molecule has 17 heavy (non-hydrogen) atoms. The molecule has 0 unspecified atom stereocenters. The van der Waals surface area contributed by atoms with Crippen LogP contribution >= 0.6 is 11.3 Å².